The van der Waals surface area contributed by atoms with Crippen molar-refractivity contribution >= 4 is 11.7 Å². The van der Waals surface area contributed by atoms with Crippen molar-refractivity contribution in [3.05, 3.63) is 65.3 Å². The maximum atomic E-state index is 13.1. The fourth-order valence-electron chi connectivity index (χ4n) is 2.21. The van der Waals surface area contributed by atoms with Gasteiger partial charge in [-0.05, 0) is 44.2 Å². The Kier molecular flexibility index (Phi) is 4.47. The Morgan fingerprint density at radius 1 is 1.20 bits per heavy atom. The van der Waals surface area contributed by atoms with Gasteiger partial charge in [0.1, 0.15) is 5.82 Å². The van der Waals surface area contributed by atoms with E-state index in [9.17, 15) is 9.18 Å². The van der Waals surface area contributed by atoms with E-state index in [4.69, 9.17) is 14.9 Å². The average Bonchev–Trinajstić information content (AvgIpc) is 3.05. The molecule has 0 saturated heterocycles. The van der Waals surface area contributed by atoms with Gasteiger partial charge in [0.05, 0.1) is 5.56 Å². The summed E-state index contributed by atoms with van der Waals surface area (Å²) < 4.78 is 23.9. The highest BCUT2D eigenvalue weighted by Crippen LogP contribution is 2.24. The van der Waals surface area contributed by atoms with Crippen LogP contribution in [0.25, 0.3) is 11.5 Å². The molecule has 1 atom stereocenters. The largest absolute Gasteiger partial charge is 0.449 e. The number of aromatic nitrogens is 2. The topological polar surface area (TPSA) is 91.2 Å². The van der Waals surface area contributed by atoms with Gasteiger partial charge in [-0.15, -0.1) is 10.2 Å². The molecule has 0 saturated carbocycles. The molecule has 3 rings (SSSR count). The van der Waals surface area contributed by atoms with Crippen molar-refractivity contribution in [1.29, 1.82) is 0 Å². The van der Waals surface area contributed by atoms with Crippen molar-refractivity contribution in [3.63, 3.8) is 0 Å². The van der Waals surface area contributed by atoms with Gasteiger partial charge in [-0.3, -0.25) is 0 Å². The first-order chi connectivity index (χ1) is 11.9. The van der Waals surface area contributed by atoms with Crippen LogP contribution in [0.3, 0.4) is 0 Å². The zero-order valence-corrected chi connectivity index (χ0v) is 13.7. The molecule has 0 spiro atoms. The molecule has 0 radical (unpaired) electrons. The first-order valence-electron chi connectivity index (χ1n) is 7.60. The van der Waals surface area contributed by atoms with E-state index in [1.165, 1.54) is 6.07 Å². The number of carbonyl (C=O) groups excluding carboxylic acids is 1. The molecule has 7 heteroatoms. The first-order valence-corrected chi connectivity index (χ1v) is 7.60. The Balaban J connectivity index is 1.74. The lowest BCUT2D eigenvalue weighted by molar-refractivity contribution is 0.0281. The standard InChI is InChI=1S/C18H16FN3O3/c1-10-3-5-12(6-4-10)17-22-21-16(25-17)11(2)24-18(23)14-8-7-13(19)9-15(14)20/h3-9,11H,20H2,1-2H3/t11-/m1/s1. The maximum Gasteiger partial charge on any atom is 0.341 e. The lowest BCUT2D eigenvalue weighted by atomic mass is 10.1. The van der Waals surface area contributed by atoms with E-state index in [1.807, 2.05) is 31.2 Å². The summed E-state index contributed by atoms with van der Waals surface area (Å²) in [4.78, 5) is 12.2. The second-order valence-electron chi connectivity index (χ2n) is 5.59. The van der Waals surface area contributed by atoms with Crippen LogP contribution in [0.1, 0.15) is 34.8 Å². The van der Waals surface area contributed by atoms with E-state index < -0.39 is 17.9 Å². The van der Waals surface area contributed by atoms with Gasteiger partial charge < -0.3 is 14.9 Å². The minimum absolute atomic E-state index is 0.00285. The molecule has 0 fully saturated rings. The Labute approximate surface area is 143 Å². The number of benzene rings is 2. The minimum atomic E-state index is -0.774. The molecule has 2 aromatic carbocycles. The van der Waals surface area contributed by atoms with Gasteiger partial charge in [-0.2, -0.15) is 0 Å². The quantitative estimate of drug-likeness (QED) is 0.575. The lowest BCUT2D eigenvalue weighted by Crippen LogP contribution is -2.11. The van der Waals surface area contributed by atoms with Crippen LogP contribution in [0.15, 0.2) is 46.9 Å². The highest BCUT2D eigenvalue weighted by atomic mass is 19.1. The summed E-state index contributed by atoms with van der Waals surface area (Å²) >= 11 is 0. The molecule has 1 aromatic heterocycles. The van der Waals surface area contributed by atoms with Crippen LogP contribution in [0.5, 0.6) is 0 Å². The summed E-state index contributed by atoms with van der Waals surface area (Å²) in [5, 5.41) is 7.88. The summed E-state index contributed by atoms with van der Waals surface area (Å²) in [5.41, 5.74) is 7.60. The normalized spacial score (nSPS) is 12.0. The van der Waals surface area contributed by atoms with Crippen LogP contribution in [0.2, 0.25) is 0 Å². The second kappa shape index (κ2) is 6.72. The van der Waals surface area contributed by atoms with Gasteiger partial charge in [0.25, 0.3) is 5.89 Å². The fourth-order valence-corrected chi connectivity index (χ4v) is 2.21. The van der Waals surface area contributed by atoms with Crippen LogP contribution in [0.4, 0.5) is 10.1 Å². The van der Waals surface area contributed by atoms with Crippen LogP contribution in [-0.2, 0) is 4.74 Å². The Bertz CT molecular complexity index is 906. The molecule has 1 heterocycles. The number of nitrogens with two attached hydrogens (primary N) is 1. The van der Waals surface area contributed by atoms with Crippen molar-refractivity contribution in [2.45, 2.75) is 20.0 Å². The monoisotopic (exact) mass is 341 g/mol. The zero-order chi connectivity index (χ0) is 18.0. The fraction of sp³-hybridized carbons (Fsp3) is 0.167. The number of hydrogen-bond donors (Lipinski definition) is 1. The molecule has 0 amide bonds. The molecule has 6 nitrogen and oxygen atoms in total. The molecular formula is C18H16FN3O3. The molecule has 0 aliphatic heterocycles. The van der Waals surface area contributed by atoms with Gasteiger partial charge in [0.2, 0.25) is 5.89 Å². The van der Waals surface area contributed by atoms with E-state index in [0.29, 0.717) is 5.89 Å². The molecule has 3 aromatic rings. The number of anilines is 1. The molecule has 25 heavy (non-hydrogen) atoms. The van der Waals surface area contributed by atoms with E-state index in [2.05, 4.69) is 10.2 Å². The average molecular weight is 341 g/mol. The predicted octanol–water partition coefficient (Wildman–Crippen LogP) is 3.68. The van der Waals surface area contributed by atoms with E-state index in [1.54, 1.807) is 6.92 Å². The van der Waals surface area contributed by atoms with Crippen molar-refractivity contribution in [1.82, 2.24) is 10.2 Å². The molecule has 2 N–H and O–H groups in total. The number of ether oxygens (including phenoxy) is 1. The SMILES string of the molecule is Cc1ccc(-c2nnc([C@@H](C)OC(=O)c3ccc(F)cc3N)o2)cc1. The van der Waals surface area contributed by atoms with Gasteiger partial charge in [0.15, 0.2) is 6.10 Å². The van der Waals surface area contributed by atoms with E-state index in [0.717, 1.165) is 23.3 Å². The number of nitrogens with zero attached hydrogens (tertiary/aromatic N) is 2. The third-order valence-electron chi connectivity index (χ3n) is 3.60. The molecule has 0 unspecified atom stereocenters. The van der Waals surface area contributed by atoms with Crippen molar-refractivity contribution in [2.24, 2.45) is 0 Å². The van der Waals surface area contributed by atoms with Crippen molar-refractivity contribution < 1.29 is 18.3 Å². The molecule has 0 aliphatic rings. The Morgan fingerprint density at radius 2 is 1.92 bits per heavy atom. The Hall–Kier alpha value is -3.22. The second-order valence-corrected chi connectivity index (χ2v) is 5.59. The minimum Gasteiger partial charge on any atom is -0.449 e. The first kappa shape index (κ1) is 16.6. The molecular weight excluding hydrogens is 325 g/mol. The summed E-state index contributed by atoms with van der Waals surface area (Å²) in [6.07, 6.45) is -0.774. The van der Waals surface area contributed by atoms with Gasteiger partial charge >= 0.3 is 5.97 Å². The summed E-state index contributed by atoms with van der Waals surface area (Å²) in [7, 11) is 0. The van der Waals surface area contributed by atoms with Gasteiger partial charge in [-0.25, -0.2) is 9.18 Å². The summed E-state index contributed by atoms with van der Waals surface area (Å²) in [6.45, 7) is 3.58. The highest BCUT2D eigenvalue weighted by Gasteiger charge is 2.21. The third-order valence-corrected chi connectivity index (χ3v) is 3.60. The number of aryl methyl sites for hydroxylation is 1. The summed E-state index contributed by atoms with van der Waals surface area (Å²) in [5.74, 6) is -0.731. The lowest BCUT2D eigenvalue weighted by Gasteiger charge is -2.10. The predicted molar refractivity (Wildman–Crippen MR) is 89.1 cm³/mol. The number of hydrogen-bond acceptors (Lipinski definition) is 6. The maximum absolute atomic E-state index is 13.1. The smallest absolute Gasteiger partial charge is 0.341 e. The number of carbonyl (C=O) groups is 1. The highest BCUT2D eigenvalue weighted by molar-refractivity contribution is 5.95. The van der Waals surface area contributed by atoms with Crippen LogP contribution in [0, 0.1) is 12.7 Å². The number of nitrogen functional groups attached to an aromatic ring is 1. The Morgan fingerprint density at radius 3 is 2.60 bits per heavy atom. The third kappa shape index (κ3) is 3.65. The number of esters is 1. The van der Waals surface area contributed by atoms with Crippen LogP contribution < -0.4 is 5.73 Å². The van der Waals surface area contributed by atoms with E-state index >= 15 is 0 Å². The number of halogens is 1. The zero-order valence-electron chi connectivity index (χ0n) is 13.7. The van der Waals surface area contributed by atoms with E-state index in [-0.39, 0.29) is 17.1 Å². The summed E-state index contributed by atoms with van der Waals surface area (Å²) in [6, 6.07) is 11.1. The molecule has 0 bridgehead atoms. The van der Waals surface area contributed by atoms with Crippen molar-refractivity contribution in [2.75, 3.05) is 5.73 Å². The van der Waals surface area contributed by atoms with Gasteiger partial charge in [-0.1, -0.05) is 17.7 Å². The molecule has 128 valence electrons. The number of rotatable bonds is 4. The van der Waals surface area contributed by atoms with Crippen LogP contribution >= 0.6 is 0 Å². The molecule has 0 aliphatic carbocycles. The van der Waals surface area contributed by atoms with Gasteiger partial charge in [0, 0.05) is 11.3 Å². The van der Waals surface area contributed by atoms with Crippen molar-refractivity contribution in [3.8, 4) is 11.5 Å². The van der Waals surface area contributed by atoms with Crippen LogP contribution in [-0.4, -0.2) is 16.2 Å².